The van der Waals surface area contributed by atoms with Crippen molar-refractivity contribution in [1.29, 1.82) is 0 Å². The second kappa shape index (κ2) is 6.46. The van der Waals surface area contributed by atoms with Gasteiger partial charge in [0.1, 0.15) is 0 Å². The minimum absolute atomic E-state index is 0.159. The Balaban J connectivity index is 2.17. The zero-order chi connectivity index (χ0) is 14.8. The molecule has 114 valence electrons. The zero-order valence-corrected chi connectivity index (χ0v) is 13.8. The molecule has 0 aliphatic heterocycles. The van der Waals surface area contributed by atoms with Gasteiger partial charge >= 0.3 is 0 Å². The molecule has 1 heterocycles. The third kappa shape index (κ3) is 3.55. The molecule has 1 aromatic rings. The third-order valence-electron chi connectivity index (χ3n) is 3.45. The van der Waals surface area contributed by atoms with Gasteiger partial charge in [0.05, 0.1) is 0 Å². The summed E-state index contributed by atoms with van der Waals surface area (Å²) in [4.78, 5) is 0. The number of thioether (sulfide) groups is 1. The molecule has 0 spiro atoms. The molecule has 1 saturated carbocycles. The lowest BCUT2D eigenvalue weighted by molar-refractivity contribution is 0.483. The highest BCUT2D eigenvalue weighted by molar-refractivity contribution is 7.98. The SMILES string of the molecule is CSCCN(C)S(=O)(=O)c1n[nH]c(C)c1CNC1CC1. The van der Waals surface area contributed by atoms with Crippen LogP contribution in [0.5, 0.6) is 0 Å². The lowest BCUT2D eigenvalue weighted by Crippen LogP contribution is -2.30. The number of nitrogens with zero attached hydrogens (tertiary/aromatic N) is 2. The second-order valence-corrected chi connectivity index (χ2v) is 8.05. The van der Waals surface area contributed by atoms with Crippen molar-refractivity contribution in [2.45, 2.75) is 37.4 Å². The number of hydrogen-bond acceptors (Lipinski definition) is 5. The number of aromatic amines is 1. The molecule has 0 amide bonds. The summed E-state index contributed by atoms with van der Waals surface area (Å²) in [5.74, 6) is 0.773. The van der Waals surface area contributed by atoms with Gasteiger partial charge in [-0.2, -0.15) is 21.2 Å². The monoisotopic (exact) mass is 318 g/mol. The lowest BCUT2D eigenvalue weighted by atomic mass is 10.2. The largest absolute Gasteiger partial charge is 0.310 e. The topological polar surface area (TPSA) is 78.1 Å². The van der Waals surface area contributed by atoms with Crippen LogP contribution in [0.1, 0.15) is 24.1 Å². The van der Waals surface area contributed by atoms with Gasteiger partial charge in [-0.25, -0.2) is 8.42 Å². The van der Waals surface area contributed by atoms with E-state index in [1.807, 2.05) is 13.2 Å². The van der Waals surface area contributed by atoms with E-state index < -0.39 is 10.0 Å². The minimum Gasteiger partial charge on any atom is -0.310 e. The summed E-state index contributed by atoms with van der Waals surface area (Å²) in [5.41, 5.74) is 1.57. The fourth-order valence-electron chi connectivity index (χ4n) is 1.87. The zero-order valence-electron chi connectivity index (χ0n) is 12.1. The van der Waals surface area contributed by atoms with Crippen molar-refractivity contribution in [3.05, 3.63) is 11.3 Å². The number of rotatable bonds is 8. The first-order valence-corrected chi connectivity index (χ1v) is 9.52. The standard InChI is InChI=1S/C12H22N4O2S2/c1-9-11(8-13-10-4-5-10)12(15-14-9)20(17,18)16(2)6-7-19-3/h10,13H,4-8H2,1-3H3,(H,14,15). The summed E-state index contributed by atoms with van der Waals surface area (Å²) >= 11 is 1.63. The van der Waals surface area contributed by atoms with Crippen LogP contribution in [0.15, 0.2) is 5.03 Å². The van der Waals surface area contributed by atoms with Crippen LogP contribution in [0, 0.1) is 6.92 Å². The fourth-order valence-corrected chi connectivity index (χ4v) is 3.77. The molecule has 20 heavy (non-hydrogen) atoms. The van der Waals surface area contributed by atoms with E-state index in [4.69, 9.17) is 0 Å². The summed E-state index contributed by atoms with van der Waals surface area (Å²) < 4.78 is 26.5. The van der Waals surface area contributed by atoms with Crippen molar-refractivity contribution in [2.24, 2.45) is 0 Å². The Kier molecular flexibility index (Phi) is 5.11. The van der Waals surface area contributed by atoms with Gasteiger partial charge in [0.25, 0.3) is 10.0 Å². The molecule has 1 aliphatic rings. The van der Waals surface area contributed by atoms with E-state index in [0.717, 1.165) is 17.0 Å². The maximum Gasteiger partial charge on any atom is 0.262 e. The van der Waals surface area contributed by atoms with Crippen LogP contribution in [0.3, 0.4) is 0 Å². The molecule has 2 N–H and O–H groups in total. The summed E-state index contributed by atoms with van der Waals surface area (Å²) in [7, 11) is -1.91. The Hall–Kier alpha value is -0.570. The van der Waals surface area contributed by atoms with Gasteiger partial charge in [-0.05, 0) is 26.0 Å². The van der Waals surface area contributed by atoms with Crippen molar-refractivity contribution in [3.63, 3.8) is 0 Å². The van der Waals surface area contributed by atoms with E-state index in [2.05, 4.69) is 15.5 Å². The quantitative estimate of drug-likeness (QED) is 0.746. The smallest absolute Gasteiger partial charge is 0.262 e. The molecule has 8 heteroatoms. The molecule has 1 fully saturated rings. The fraction of sp³-hybridized carbons (Fsp3) is 0.750. The van der Waals surface area contributed by atoms with Crippen molar-refractivity contribution >= 4 is 21.8 Å². The number of H-pyrrole nitrogens is 1. The second-order valence-electron chi connectivity index (χ2n) is 5.11. The molecule has 1 aliphatic carbocycles. The van der Waals surface area contributed by atoms with Crippen LogP contribution in [0.2, 0.25) is 0 Å². The summed E-state index contributed by atoms with van der Waals surface area (Å²) in [6.45, 7) is 2.90. The number of hydrogen-bond donors (Lipinski definition) is 2. The van der Waals surface area contributed by atoms with Crippen LogP contribution in [-0.4, -0.2) is 54.6 Å². The van der Waals surface area contributed by atoms with Gasteiger partial charge in [-0.3, -0.25) is 5.10 Å². The van der Waals surface area contributed by atoms with E-state index in [9.17, 15) is 8.42 Å². The summed E-state index contributed by atoms with van der Waals surface area (Å²) in [6.07, 6.45) is 4.31. The van der Waals surface area contributed by atoms with Gasteiger partial charge < -0.3 is 5.32 Å². The van der Waals surface area contributed by atoms with Crippen LogP contribution in [0.4, 0.5) is 0 Å². The minimum atomic E-state index is -3.51. The molecule has 6 nitrogen and oxygen atoms in total. The Morgan fingerprint density at radius 3 is 2.80 bits per heavy atom. The van der Waals surface area contributed by atoms with Crippen molar-refractivity contribution in [1.82, 2.24) is 19.8 Å². The first-order chi connectivity index (χ1) is 9.46. The first kappa shape index (κ1) is 15.8. The van der Waals surface area contributed by atoms with Crippen molar-refractivity contribution in [3.8, 4) is 0 Å². The maximum atomic E-state index is 12.5. The highest BCUT2D eigenvalue weighted by Gasteiger charge is 2.29. The van der Waals surface area contributed by atoms with E-state index >= 15 is 0 Å². The van der Waals surface area contributed by atoms with Gasteiger partial charge in [0, 0.05) is 43.2 Å². The summed E-state index contributed by atoms with van der Waals surface area (Å²) in [5, 5.41) is 10.3. The van der Waals surface area contributed by atoms with Gasteiger partial charge in [0.15, 0.2) is 5.03 Å². The van der Waals surface area contributed by atoms with Crippen LogP contribution in [-0.2, 0) is 16.6 Å². The maximum absolute atomic E-state index is 12.5. The van der Waals surface area contributed by atoms with Crippen molar-refractivity contribution in [2.75, 3.05) is 25.6 Å². The average molecular weight is 318 g/mol. The molecule has 1 aromatic heterocycles. The van der Waals surface area contributed by atoms with E-state index in [1.54, 1.807) is 18.8 Å². The normalized spacial score (nSPS) is 16.0. The molecule has 2 rings (SSSR count). The Labute approximate surface area is 124 Å². The van der Waals surface area contributed by atoms with E-state index in [1.165, 1.54) is 17.1 Å². The first-order valence-electron chi connectivity index (χ1n) is 6.69. The Bertz CT molecular complexity index is 552. The van der Waals surface area contributed by atoms with Crippen LogP contribution < -0.4 is 5.32 Å². The highest BCUT2D eigenvalue weighted by Crippen LogP contribution is 2.23. The molecule has 0 aromatic carbocycles. The highest BCUT2D eigenvalue weighted by atomic mass is 32.2. The number of aromatic nitrogens is 2. The van der Waals surface area contributed by atoms with Gasteiger partial charge in [0.2, 0.25) is 0 Å². The van der Waals surface area contributed by atoms with E-state index in [-0.39, 0.29) is 5.03 Å². The Morgan fingerprint density at radius 1 is 1.50 bits per heavy atom. The van der Waals surface area contributed by atoms with Gasteiger partial charge in [-0.15, -0.1) is 0 Å². The number of nitrogens with one attached hydrogen (secondary N) is 2. The number of aryl methyl sites for hydroxylation is 1. The molecule has 0 radical (unpaired) electrons. The average Bonchev–Trinajstić information content (AvgIpc) is 3.16. The van der Waals surface area contributed by atoms with E-state index in [0.29, 0.717) is 19.1 Å². The molecule has 0 atom stereocenters. The Morgan fingerprint density at radius 2 is 2.20 bits per heavy atom. The molecule has 0 saturated heterocycles. The van der Waals surface area contributed by atoms with Crippen molar-refractivity contribution < 1.29 is 8.42 Å². The van der Waals surface area contributed by atoms with Crippen LogP contribution >= 0.6 is 11.8 Å². The summed E-state index contributed by atoms with van der Waals surface area (Å²) in [6, 6.07) is 0.536. The van der Waals surface area contributed by atoms with Crippen LogP contribution in [0.25, 0.3) is 0 Å². The van der Waals surface area contributed by atoms with Gasteiger partial charge in [-0.1, -0.05) is 0 Å². The molecular weight excluding hydrogens is 296 g/mol. The predicted octanol–water partition coefficient (Wildman–Crippen LogP) is 0.954. The lowest BCUT2D eigenvalue weighted by Gasteiger charge is -2.16. The molecular formula is C12H22N4O2S2. The number of sulfonamides is 1. The predicted molar refractivity (Wildman–Crippen MR) is 81.4 cm³/mol. The third-order valence-corrected chi connectivity index (χ3v) is 5.87. The molecule has 0 bridgehead atoms. The molecule has 0 unspecified atom stereocenters.